The van der Waals surface area contributed by atoms with Gasteiger partial charge in [0.2, 0.25) is 0 Å². The van der Waals surface area contributed by atoms with Gasteiger partial charge in [0.05, 0.1) is 31.6 Å². The Labute approximate surface area is 194 Å². The molecule has 0 bridgehead atoms. The predicted octanol–water partition coefficient (Wildman–Crippen LogP) is 4.75. The molecule has 3 heterocycles. The molecule has 1 amide bonds. The second-order valence-electron chi connectivity index (χ2n) is 8.83. The summed E-state index contributed by atoms with van der Waals surface area (Å²) in [4.78, 5) is 15.5. The number of likely N-dealkylation sites (tertiary alicyclic amines) is 1. The number of hydrogen-bond donors (Lipinski definition) is 0. The molecule has 6 nitrogen and oxygen atoms in total. The maximum atomic E-state index is 13.6. The van der Waals surface area contributed by atoms with Crippen molar-refractivity contribution in [1.82, 2.24) is 9.47 Å². The summed E-state index contributed by atoms with van der Waals surface area (Å²) in [6.07, 6.45) is 1.42. The monoisotopic (exact) mass is 446 g/mol. The van der Waals surface area contributed by atoms with E-state index in [4.69, 9.17) is 14.2 Å². The molecule has 0 saturated carbocycles. The Bertz CT molecular complexity index is 1130. The van der Waals surface area contributed by atoms with Gasteiger partial charge < -0.3 is 23.7 Å². The van der Waals surface area contributed by atoms with Crippen molar-refractivity contribution in [2.45, 2.75) is 32.5 Å². The van der Waals surface area contributed by atoms with Crippen LogP contribution in [-0.2, 0) is 9.47 Å². The summed E-state index contributed by atoms with van der Waals surface area (Å²) in [6, 6.07) is 18.4. The topological polar surface area (TPSA) is 52.9 Å². The molecule has 33 heavy (non-hydrogen) atoms. The van der Waals surface area contributed by atoms with Crippen molar-refractivity contribution in [2.75, 3.05) is 33.4 Å². The molecule has 2 fully saturated rings. The number of rotatable bonds is 4. The summed E-state index contributed by atoms with van der Waals surface area (Å²) in [5, 5.41) is 0. The van der Waals surface area contributed by atoms with E-state index in [2.05, 4.69) is 35.8 Å². The molecule has 172 valence electrons. The summed E-state index contributed by atoms with van der Waals surface area (Å²) < 4.78 is 19.2. The normalized spacial score (nSPS) is 17.5. The molecule has 0 radical (unpaired) electrons. The predicted molar refractivity (Wildman–Crippen MR) is 127 cm³/mol. The number of aryl methyl sites for hydroxylation is 1. The first-order valence-corrected chi connectivity index (χ1v) is 11.5. The molecule has 6 heteroatoms. The number of ether oxygens (including phenoxy) is 3. The Balaban J connectivity index is 1.51. The molecule has 3 aromatic rings. The minimum atomic E-state index is -0.492. The molecule has 5 rings (SSSR count). The summed E-state index contributed by atoms with van der Waals surface area (Å²) in [5.74, 6) is 0.369. The number of carbonyl (C=O) groups excluding carboxylic acids is 1. The van der Waals surface area contributed by atoms with Crippen molar-refractivity contribution < 1.29 is 19.0 Å². The van der Waals surface area contributed by atoms with Gasteiger partial charge in [-0.2, -0.15) is 0 Å². The molecule has 2 aromatic carbocycles. The van der Waals surface area contributed by atoms with Crippen molar-refractivity contribution in [3.63, 3.8) is 0 Å². The Morgan fingerprint density at radius 2 is 1.58 bits per heavy atom. The smallest absolute Gasteiger partial charge is 0.255 e. The van der Waals surface area contributed by atoms with E-state index in [1.807, 2.05) is 42.2 Å². The molecule has 1 aromatic heterocycles. The van der Waals surface area contributed by atoms with Gasteiger partial charge in [-0.15, -0.1) is 0 Å². The van der Waals surface area contributed by atoms with Crippen LogP contribution in [0.5, 0.6) is 5.75 Å². The van der Waals surface area contributed by atoms with E-state index in [9.17, 15) is 4.79 Å². The zero-order chi connectivity index (χ0) is 23.0. The van der Waals surface area contributed by atoms with Crippen LogP contribution in [0.15, 0.2) is 54.6 Å². The zero-order valence-corrected chi connectivity index (χ0v) is 19.5. The molecule has 2 aliphatic heterocycles. The number of hydrogen-bond acceptors (Lipinski definition) is 4. The first-order chi connectivity index (χ1) is 16.0. The van der Waals surface area contributed by atoms with Crippen LogP contribution in [0, 0.1) is 13.8 Å². The zero-order valence-electron chi connectivity index (χ0n) is 19.5. The quantitative estimate of drug-likeness (QED) is 0.581. The number of nitrogens with zero attached hydrogens (tertiary/aromatic N) is 2. The first-order valence-electron chi connectivity index (χ1n) is 11.5. The largest absolute Gasteiger partial charge is 0.497 e. The highest BCUT2D eigenvalue weighted by Crippen LogP contribution is 2.34. The average molecular weight is 447 g/mol. The molecular formula is C27H30N2O4. The van der Waals surface area contributed by atoms with Crippen LogP contribution in [-0.4, -0.2) is 54.6 Å². The van der Waals surface area contributed by atoms with Crippen molar-refractivity contribution in [2.24, 2.45) is 0 Å². The van der Waals surface area contributed by atoms with Gasteiger partial charge in [0.15, 0.2) is 5.79 Å². The van der Waals surface area contributed by atoms with Gasteiger partial charge >= 0.3 is 0 Å². The first kappa shape index (κ1) is 21.7. The van der Waals surface area contributed by atoms with Crippen molar-refractivity contribution in [3.8, 4) is 22.7 Å². The highest BCUT2D eigenvalue weighted by Gasteiger charge is 2.41. The lowest BCUT2D eigenvalue weighted by molar-refractivity contribution is -0.181. The number of amides is 1. The molecule has 0 unspecified atom stereocenters. The van der Waals surface area contributed by atoms with E-state index in [0.29, 0.717) is 39.1 Å². The van der Waals surface area contributed by atoms with Gasteiger partial charge in [-0.25, -0.2) is 0 Å². The van der Waals surface area contributed by atoms with E-state index in [1.165, 1.54) is 5.56 Å². The maximum Gasteiger partial charge on any atom is 0.255 e. The molecule has 2 saturated heterocycles. The third-order valence-corrected chi connectivity index (χ3v) is 6.78. The van der Waals surface area contributed by atoms with Crippen molar-refractivity contribution >= 4 is 5.91 Å². The van der Waals surface area contributed by atoms with Crippen LogP contribution >= 0.6 is 0 Å². The van der Waals surface area contributed by atoms with Crippen molar-refractivity contribution in [1.29, 1.82) is 0 Å². The summed E-state index contributed by atoms with van der Waals surface area (Å²) in [5.41, 5.74) is 5.91. The van der Waals surface area contributed by atoms with Crippen LogP contribution in [0.25, 0.3) is 16.9 Å². The Hall–Kier alpha value is -3.09. The van der Waals surface area contributed by atoms with E-state index in [1.54, 1.807) is 7.11 Å². The van der Waals surface area contributed by atoms with Crippen molar-refractivity contribution in [3.05, 3.63) is 71.4 Å². The molecule has 0 atom stereocenters. The molecule has 0 aliphatic carbocycles. The standard InChI is InChI=1S/C27H30N2O4/c1-19-4-8-22(9-5-19)29-20(2)24(18-25(29)21-6-10-23(31-3)11-7-21)26(30)28-14-12-27(13-15-28)32-16-17-33-27/h4-11,18H,12-17H2,1-3H3. The van der Waals surface area contributed by atoms with Crippen LogP contribution in [0.1, 0.15) is 34.5 Å². The average Bonchev–Trinajstić information content (AvgIpc) is 3.44. The Morgan fingerprint density at radius 3 is 2.18 bits per heavy atom. The van der Waals surface area contributed by atoms with Gasteiger partial charge in [0, 0.05) is 37.3 Å². The van der Waals surface area contributed by atoms with Gasteiger partial charge in [-0.05, 0) is 61.9 Å². The second-order valence-corrected chi connectivity index (χ2v) is 8.83. The van der Waals surface area contributed by atoms with Gasteiger partial charge in [-0.3, -0.25) is 4.79 Å². The second kappa shape index (κ2) is 8.69. The number of piperidine rings is 1. The third-order valence-electron chi connectivity index (χ3n) is 6.78. The number of carbonyl (C=O) groups is 1. The highest BCUT2D eigenvalue weighted by molar-refractivity contribution is 5.97. The van der Waals surface area contributed by atoms with Crippen LogP contribution in [0.2, 0.25) is 0 Å². The summed E-state index contributed by atoms with van der Waals surface area (Å²) in [6.45, 7) is 6.63. The lowest BCUT2D eigenvalue weighted by Crippen LogP contribution is -2.47. The molecule has 0 N–H and O–H groups in total. The fourth-order valence-electron chi connectivity index (χ4n) is 4.83. The van der Waals surface area contributed by atoms with Gasteiger partial charge in [0.25, 0.3) is 5.91 Å². The summed E-state index contributed by atoms with van der Waals surface area (Å²) in [7, 11) is 1.66. The van der Waals surface area contributed by atoms with E-state index < -0.39 is 5.79 Å². The summed E-state index contributed by atoms with van der Waals surface area (Å²) >= 11 is 0. The highest BCUT2D eigenvalue weighted by atomic mass is 16.7. The minimum absolute atomic E-state index is 0.0565. The Morgan fingerprint density at radius 1 is 0.939 bits per heavy atom. The lowest BCUT2D eigenvalue weighted by atomic mass is 10.0. The van der Waals surface area contributed by atoms with E-state index in [-0.39, 0.29) is 5.91 Å². The number of methoxy groups -OCH3 is 1. The van der Waals surface area contributed by atoms with Gasteiger partial charge in [-0.1, -0.05) is 17.7 Å². The van der Waals surface area contributed by atoms with E-state index in [0.717, 1.165) is 34.0 Å². The molecular weight excluding hydrogens is 416 g/mol. The number of benzene rings is 2. The van der Waals surface area contributed by atoms with Crippen LogP contribution < -0.4 is 4.74 Å². The SMILES string of the molecule is COc1ccc(-c2cc(C(=O)N3CCC4(CC3)OCCO4)c(C)n2-c2ccc(C)cc2)cc1. The third kappa shape index (κ3) is 4.05. The maximum absolute atomic E-state index is 13.6. The fraction of sp³-hybridized carbons (Fsp3) is 0.370. The fourth-order valence-corrected chi connectivity index (χ4v) is 4.83. The van der Waals surface area contributed by atoms with Crippen LogP contribution in [0.4, 0.5) is 0 Å². The van der Waals surface area contributed by atoms with Crippen LogP contribution in [0.3, 0.4) is 0 Å². The lowest BCUT2D eigenvalue weighted by Gasteiger charge is -2.37. The number of aromatic nitrogens is 1. The molecule has 1 spiro atoms. The Kier molecular flexibility index (Phi) is 5.72. The molecule has 2 aliphatic rings. The van der Waals surface area contributed by atoms with Gasteiger partial charge in [0.1, 0.15) is 5.75 Å². The minimum Gasteiger partial charge on any atom is -0.497 e. The van der Waals surface area contributed by atoms with E-state index >= 15 is 0 Å².